The second-order valence-corrected chi connectivity index (χ2v) is 9.75. The maximum atomic E-state index is 14.7. The monoisotopic (exact) mass is 485 g/mol. The van der Waals surface area contributed by atoms with Crippen LogP contribution in [0.2, 0.25) is 0 Å². The number of aliphatic hydroxyl groups excluding tert-OH is 2. The number of carbonyl (C=O) groups is 2. The molecule has 1 unspecified atom stereocenters. The first-order valence-electron chi connectivity index (χ1n) is 11.8. The van der Waals surface area contributed by atoms with Crippen molar-refractivity contribution in [3.63, 3.8) is 0 Å². The van der Waals surface area contributed by atoms with E-state index in [1.807, 2.05) is 6.07 Å². The molecule has 184 valence electrons. The quantitative estimate of drug-likeness (QED) is 0.561. The summed E-state index contributed by atoms with van der Waals surface area (Å²) in [5.41, 5.74) is 1.58. The predicted molar refractivity (Wildman–Crippen MR) is 120 cm³/mol. The summed E-state index contributed by atoms with van der Waals surface area (Å²) in [5, 5.41) is 21.9. The number of halogens is 2. The van der Waals surface area contributed by atoms with Gasteiger partial charge >= 0.3 is 6.03 Å². The molecule has 1 aromatic carbocycles. The number of amides is 3. The third kappa shape index (κ3) is 3.04. The average molecular weight is 485 g/mol. The molecule has 2 aliphatic carbocycles. The van der Waals surface area contributed by atoms with Crippen LogP contribution in [0.3, 0.4) is 0 Å². The van der Waals surface area contributed by atoms with Crippen LogP contribution in [0.1, 0.15) is 42.1 Å². The molecule has 2 saturated heterocycles. The molecular weight excluding hydrogens is 460 g/mol. The summed E-state index contributed by atoms with van der Waals surface area (Å²) in [5.74, 6) is -3.27. The van der Waals surface area contributed by atoms with E-state index in [1.165, 1.54) is 0 Å². The van der Waals surface area contributed by atoms with Crippen molar-refractivity contribution in [2.45, 2.75) is 56.2 Å². The number of fused-ring (bicyclic) bond motifs is 3. The number of β-amino-alcohol motifs (C(OH)–C–C–N with tert-alkyl or cyclic N) is 2. The summed E-state index contributed by atoms with van der Waals surface area (Å²) in [6.07, 6.45) is 0.167. The number of aliphatic hydroxyl groups is 2. The Morgan fingerprint density at radius 1 is 1.20 bits per heavy atom. The Balaban J connectivity index is 1.42. The number of benzene rings is 1. The molecule has 6 rings (SSSR count). The third-order valence-corrected chi connectivity index (χ3v) is 7.83. The predicted octanol–water partition coefficient (Wildman–Crippen LogP) is 1.44. The number of aryl methyl sites for hydroxylation is 1. The first-order chi connectivity index (χ1) is 16.7. The minimum absolute atomic E-state index is 0.0759. The summed E-state index contributed by atoms with van der Waals surface area (Å²) >= 11 is 0. The molecule has 1 spiro atoms. The second kappa shape index (κ2) is 7.41. The van der Waals surface area contributed by atoms with Gasteiger partial charge in [-0.2, -0.15) is 8.78 Å². The number of aromatic nitrogens is 2. The van der Waals surface area contributed by atoms with Gasteiger partial charge in [-0.1, -0.05) is 12.1 Å². The van der Waals surface area contributed by atoms with Gasteiger partial charge in [0.15, 0.2) is 0 Å². The number of alkyl halides is 2. The molecule has 3 amide bonds. The Morgan fingerprint density at radius 3 is 2.71 bits per heavy atom. The number of nitrogens with one attached hydrogen (secondary N) is 1. The number of carbonyl (C=O) groups excluding carboxylic acids is 2. The molecule has 3 heterocycles. The lowest BCUT2D eigenvalue weighted by Crippen LogP contribution is -2.59. The highest BCUT2D eigenvalue weighted by Gasteiger charge is 2.55. The molecule has 2 fully saturated rings. The normalized spacial score (nSPS) is 28.4. The lowest BCUT2D eigenvalue weighted by atomic mass is 9.90. The second-order valence-electron chi connectivity index (χ2n) is 9.75. The van der Waals surface area contributed by atoms with Crippen LogP contribution in [0.4, 0.5) is 19.5 Å². The maximum absolute atomic E-state index is 14.7. The lowest BCUT2D eigenvalue weighted by Gasteiger charge is -2.43. The highest BCUT2D eigenvalue weighted by Crippen LogP contribution is 2.47. The topological polar surface area (TPSA) is 119 Å². The van der Waals surface area contributed by atoms with Crippen LogP contribution in [0, 0.1) is 0 Å². The zero-order chi connectivity index (χ0) is 24.7. The van der Waals surface area contributed by atoms with Gasteiger partial charge in [0.1, 0.15) is 11.2 Å². The summed E-state index contributed by atoms with van der Waals surface area (Å²) in [7, 11) is 0. The minimum Gasteiger partial charge on any atom is -0.395 e. The fraction of sp³-hybridized carbons (Fsp3) is 0.500. The van der Waals surface area contributed by atoms with E-state index in [9.17, 15) is 28.6 Å². The van der Waals surface area contributed by atoms with Crippen molar-refractivity contribution in [3.05, 3.63) is 40.6 Å². The van der Waals surface area contributed by atoms with Crippen molar-refractivity contribution in [3.8, 4) is 11.3 Å². The molecule has 0 bridgehead atoms. The van der Waals surface area contributed by atoms with Crippen LogP contribution in [0.15, 0.2) is 18.2 Å². The molecule has 0 saturated carbocycles. The zero-order valence-electron chi connectivity index (χ0n) is 19.1. The summed E-state index contributed by atoms with van der Waals surface area (Å²) in [6, 6.07) is 4.56. The zero-order valence-corrected chi connectivity index (χ0v) is 19.1. The fourth-order valence-corrected chi connectivity index (χ4v) is 5.74. The average Bonchev–Trinajstić information content (AvgIpc) is 3.44. The molecule has 11 heteroatoms. The van der Waals surface area contributed by atoms with E-state index in [4.69, 9.17) is 0 Å². The van der Waals surface area contributed by atoms with Gasteiger partial charge in [-0.15, -0.1) is 0 Å². The van der Waals surface area contributed by atoms with Crippen LogP contribution < -0.4 is 10.2 Å². The highest BCUT2D eigenvalue weighted by atomic mass is 19.3. The highest BCUT2D eigenvalue weighted by molar-refractivity contribution is 6.08. The number of rotatable bonds is 4. The number of nitrogens with zero attached hydrogens (tertiary/aromatic N) is 4. The lowest BCUT2D eigenvalue weighted by molar-refractivity contribution is -0.131. The van der Waals surface area contributed by atoms with E-state index in [-0.39, 0.29) is 50.2 Å². The molecule has 1 aromatic heterocycles. The van der Waals surface area contributed by atoms with Gasteiger partial charge in [0.05, 0.1) is 31.0 Å². The number of imide groups is 1. The molecule has 2 aliphatic heterocycles. The van der Waals surface area contributed by atoms with Crippen molar-refractivity contribution in [2.75, 3.05) is 24.6 Å². The van der Waals surface area contributed by atoms with Crippen LogP contribution in [-0.2, 0) is 29.1 Å². The van der Waals surface area contributed by atoms with Crippen LogP contribution in [0.5, 0.6) is 0 Å². The van der Waals surface area contributed by atoms with Gasteiger partial charge in [0.25, 0.3) is 11.8 Å². The Hall–Kier alpha value is -3.18. The fourth-order valence-electron chi connectivity index (χ4n) is 5.74. The smallest absolute Gasteiger partial charge is 0.325 e. The number of hydrogen-bond acceptors (Lipinski definition) is 7. The summed E-state index contributed by atoms with van der Waals surface area (Å²) in [4.78, 5) is 37.1. The number of anilines is 1. The Labute approximate surface area is 199 Å². The molecular formula is C24H25F2N5O4. The molecule has 3 atom stereocenters. The van der Waals surface area contributed by atoms with E-state index < -0.39 is 29.5 Å². The maximum Gasteiger partial charge on any atom is 0.325 e. The molecule has 35 heavy (non-hydrogen) atoms. The molecule has 4 aliphatic rings. The van der Waals surface area contributed by atoms with E-state index >= 15 is 0 Å². The Kier molecular flexibility index (Phi) is 4.72. The Bertz CT molecular complexity index is 1270. The largest absolute Gasteiger partial charge is 0.395 e. The molecule has 0 radical (unpaired) electrons. The van der Waals surface area contributed by atoms with Crippen molar-refractivity contribution in [1.82, 2.24) is 20.2 Å². The Morgan fingerprint density at radius 2 is 2.00 bits per heavy atom. The van der Waals surface area contributed by atoms with E-state index in [1.54, 1.807) is 24.0 Å². The van der Waals surface area contributed by atoms with Gasteiger partial charge in [-0.05, 0) is 43.4 Å². The van der Waals surface area contributed by atoms with Crippen LogP contribution >= 0.6 is 0 Å². The molecule has 2 aromatic rings. The van der Waals surface area contributed by atoms with E-state index in [0.717, 1.165) is 10.5 Å². The van der Waals surface area contributed by atoms with Gasteiger partial charge < -0.3 is 20.4 Å². The van der Waals surface area contributed by atoms with Crippen molar-refractivity contribution >= 4 is 17.9 Å². The standard InChI is InChI=1S/C24H25F2N5O4/c1-12-17(33)11-31(12)21-27-18(15-5-7-24(25,26)19(15)28-21)14-2-3-16-13(10-14)4-6-23(16)20(34)30(8-9-32)22(35)29-23/h2-3,10,12,17,32-33H,4-9,11H2,1H3,(H,29,35)/t12-,17+,23?/m0/s1. The van der Waals surface area contributed by atoms with Gasteiger partial charge in [0.2, 0.25) is 5.95 Å². The van der Waals surface area contributed by atoms with E-state index in [0.29, 0.717) is 35.2 Å². The third-order valence-electron chi connectivity index (χ3n) is 7.83. The van der Waals surface area contributed by atoms with Gasteiger partial charge in [-0.3, -0.25) is 9.69 Å². The molecule has 9 nitrogen and oxygen atoms in total. The van der Waals surface area contributed by atoms with Crippen LogP contribution in [0.25, 0.3) is 11.3 Å². The summed E-state index contributed by atoms with van der Waals surface area (Å²) < 4.78 is 29.4. The number of hydrogen-bond donors (Lipinski definition) is 3. The number of urea groups is 1. The van der Waals surface area contributed by atoms with Crippen LogP contribution in [-0.4, -0.2) is 68.9 Å². The van der Waals surface area contributed by atoms with E-state index in [2.05, 4.69) is 15.3 Å². The van der Waals surface area contributed by atoms with Crippen molar-refractivity contribution in [2.24, 2.45) is 0 Å². The first-order valence-corrected chi connectivity index (χ1v) is 11.8. The SMILES string of the molecule is C[C@H]1[C@H](O)CN1c1nc(-c2ccc3c(c2)CCC32NC(=O)N(CCO)C2=O)c2c(n1)C(F)(F)CC2. The van der Waals surface area contributed by atoms with Gasteiger partial charge in [-0.25, -0.2) is 14.8 Å². The minimum atomic E-state index is -3.05. The molecule has 3 N–H and O–H groups in total. The van der Waals surface area contributed by atoms with Crippen molar-refractivity contribution < 1.29 is 28.6 Å². The van der Waals surface area contributed by atoms with Crippen molar-refractivity contribution in [1.29, 1.82) is 0 Å². The van der Waals surface area contributed by atoms with Gasteiger partial charge in [0, 0.05) is 24.1 Å². The first kappa shape index (κ1) is 22.3. The summed E-state index contributed by atoms with van der Waals surface area (Å²) in [6.45, 7) is 1.68.